The number of hydrogen-bond acceptors (Lipinski definition) is 6. The summed E-state index contributed by atoms with van der Waals surface area (Å²) in [6.07, 6.45) is 2.88. The quantitative estimate of drug-likeness (QED) is 0.485. The number of nitrogens with one attached hydrogen (secondary N) is 2. The lowest BCUT2D eigenvalue weighted by Gasteiger charge is -2.11. The van der Waals surface area contributed by atoms with Gasteiger partial charge in [-0.05, 0) is 60.9 Å². The second-order valence-corrected chi connectivity index (χ2v) is 7.72. The van der Waals surface area contributed by atoms with Gasteiger partial charge in [-0.1, -0.05) is 17.2 Å². The molecule has 8 nitrogen and oxygen atoms in total. The van der Waals surface area contributed by atoms with Gasteiger partial charge >= 0.3 is 23.8 Å². The number of carbonyl (C=O) groups excluding carboxylic acids is 1. The van der Waals surface area contributed by atoms with Crippen LogP contribution in [0.25, 0.3) is 0 Å². The Kier molecular flexibility index (Phi) is 6.11. The zero-order chi connectivity index (χ0) is 22.7. The van der Waals surface area contributed by atoms with E-state index >= 15 is 0 Å². The molecule has 32 heavy (non-hydrogen) atoms. The Morgan fingerprint density at radius 1 is 1.03 bits per heavy atom. The average Bonchev–Trinajstić information content (AvgIpc) is 3.41. The van der Waals surface area contributed by atoms with Crippen LogP contribution in [-0.4, -0.2) is 27.2 Å². The van der Waals surface area contributed by atoms with Gasteiger partial charge in [0.2, 0.25) is 0 Å². The minimum Gasteiger partial charge on any atom is -0.481 e. The molecule has 1 aliphatic carbocycles. The predicted octanol–water partition coefficient (Wildman–Crippen LogP) is 4.70. The molecule has 1 saturated carbocycles. The molecular weight excluding hydrogens is 422 g/mol. The Labute approximate surface area is 181 Å². The van der Waals surface area contributed by atoms with E-state index in [4.69, 9.17) is 9.52 Å². The summed E-state index contributed by atoms with van der Waals surface area (Å²) in [5.41, 5.74) is 1.83. The summed E-state index contributed by atoms with van der Waals surface area (Å²) in [6.45, 7) is 0. The number of aromatic nitrogens is 2. The van der Waals surface area contributed by atoms with Crippen LogP contribution in [0.4, 0.5) is 26.2 Å². The molecular formula is C22H20F2N4O4. The molecule has 1 fully saturated rings. The highest BCUT2D eigenvalue weighted by Crippen LogP contribution is 2.40. The van der Waals surface area contributed by atoms with Crippen molar-refractivity contribution in [3.63, 3.8) is 0 Å². The van der Waals surface area contributed by atoms with Crippen molar-refractivity contribution in [2.75, 3.05) is 10.6 Å². The molecule has 1 heterocycles. The van der Waals surface area contributed by atoms with Gasteiger partial charge in [-0.3, -0.25) is 9.59 Å². The normalized spacial score (nSPS) is 17.8. The predicted molar refractivity (Wildman–Crippen MR) is 111 cm³/mol. The van der Waals surface area contributed by atoms with Crippen LogP contribution in [0.5, 0.6) is 0 Å². The van der Waals surface area contributed by atoms with Gasteiger partial charge in [0.25, 0.3) is 0 Å². The molecule has 0 aliphatic heterocycles. The van der Waals surface area contributed by atoms with E-state index in [1.54, 1.807) is 12.1 Å². The highest BCUT2D eigenvalue weighted by atomic mass is 19.2. The maximum atomic E-state index is 13.3. The first-order valence-electron chi connectivity index (χ1n) is 10.1. The summed E-state index contributed by atoms with van der Waals surface area (Å²) >= 11 is 0. The Balaban J connectivity index is 1.34. The maximum Gasteiger partial charge on any atom is 0.320 e. The van der Waals surface area contributed by atoms with Crippen LogP contribution >= 0.6 is 0 Å². The number of aliphatic carboxylic acids is 1. The molecule has 1 aliphatic rings. The monoisotopic (exact) mass is 442 g/mol. The number of amides is 1. The molecule has 10 heteroatoms. The van der Waals surface area contributed by atoms with Crippen molar-refractivity contribution in [1.82, 2.24) is 10.2 Å². The molecule has 4 rings (SSSR count). The molecule has 2 atom stereocenters. The van der Waals surface area contributed by atoms with Gasteiger partial charge in [-0.2, -0.15) is 0 Å². The minimum absolute atomic E-state index is 0.145. The van der Waals surface area contributed by atoms with E-state index in [2.05, 4.69) is 20.8 Å². The van der Waals surface area contributed by atoms with E-state index in [0.29, 0.717) is 11.6 Å². The third-order valence-corrected chi connectivity index (χ3v) is 5.43. The number of rotatable bonds is 7. The van der Waals surface area contributed by atoms with Crippen LogP contribution < -0.4 is 10.6 Å². The molecule has 0 spiro atoms. The third kappa shape index (κ3) is 5.08. The van der Waals surface area contributed by atoms with Gasteiger partial charge in [-0.25, -0.2) is 8.78 Å². The van der Waals surface area contributed by atoms with Crippen molar-refractivity contribution in [3.05, 3.63) is 65.6 Å². The SMILES string of the molecule is O=C(O)CC1CCC(c2ccc(NC(=O)c3nnc(Nc4ccc(F)c(F)c4)o3)cc2)C1. The fourth-order valence-electron chi connectivity index (χ4n) is 3.90. The first kappa shape index (κ1) is 21.4. The van der Waals surface area contributed by atoms with Gasteiger partial charge in [0.05, 0.1) is 0 Å². The van der Waals surface area contributed by atoms with Crippen LogP contribution in [-0.2, 0) is 4.79 Å². The molecule has 1 amide bonds. The highest BCUT2D eigenvalue weighted by molar-refractivity contribution is 6.00. The van der Waals surface area contributed by atoms with Gasteiger partial charge in [0.1, 0.15) is 0 Å². The molecule has 1 aromatic heterocycles. The number of carbonyl (C=O) groups is 2. The van der Waals surface area contributed by atoms with E-state index in [1.165, 1.54) is 6.07 Å². The van der Waals surface area contributed by atoms with Crippen molar-refractivity contribution in [2.45, 2.75) is 31.6 Å². The number of carboxylic acids is 1. The van der Waals surface area contributed by atoms with Crippen LogP contribution in [0, 0.1) is 17.6 Å². The van der Waals surface area contributed by atoms with Crippen LogP contribution in [0.15, 0.2) is 46.9 Å². The topological polar surface area (TPSA) is 117 Å². The Morgan fingerprint density at radius 3 is 2.50 bits per heavy atom. The summed E-state index contributed by atoms with van der Waals surface area (Å²) in [5, 5.41) is 21.5. The number of benzene rings is 2. The number of nitrogens with zero attached hydrogens (tertiary/aromatic N) is 2. The number of anilines is 3. The summed E-state index contributed by atoms with van der Waals surface area (Å²) in [6, 6.07) is 10.4. The van der Waals surface area contributed by atoms with Gasteiger partial charge < -0.3 is 20.2 Å². The Bertz CT molecular complexity index is 1130. The van der Waals surface area contributed by atoms with Crippen LogP contribution in [0.1, 0.15) is 47.8 Å². The van der Waals surface area contributed by atoms with Crippen molar-refractivity contribution in [3.8, 4) is 0 Å². The summed E-state index contributed by atoms with van der Waals surface area (Å²) in [7, 11) is 0. The molecule has 3 N–H and O–H groups in total. The van der Waals surface area contributed by atoms with E-state index in [1.807, 2.05) is 12.1 Å². The lowest BCUT2D eigenvalue weighted by molar-refractivity contribution is -0.138. The van der Waals surface area contributed by atoms with Crippen molar-refractivity contribution < 1.29 is 27.9 Å². The number of halogens is 2. The largest absolute Gasteiger partial charge is 0.481 e. The summed E-state index contributed by atoms with van der Waals surface area (Å²) < 4.78 is 31.5. The number of hydrogen-bond donors (Lipinski definition) is 3. The highest BCUT2D eigenvalue weighted by Gasteiger charge is 2.27. The minimum atomic E-state index is -1.04. The van der Waals surface area contributed by atoms with Crippen molar-refractivity contribution in [1.29, 1.82) is 0 Å². The van der Waals surface area contributed by atoms with Crippen molar-refractivity contribution >= 4 is 29.3 Å². The van der Waals surface area contributed by atoms with Gasteiger partial charge in [-0.15, -0.1) is 5.10 Å². The second kappa shape index (κ2) is 9.13. The molecule has 3 aromatic rings. The fraction of sp³-hybridized carbons (Fsp3) is 0.273. The fourth-order valence-corrected chi connectivity index (χ4v) is 3.90. The maximum absolute atomic E-state index is 13.3. The summed E-state index contributed by atoms with van der Waals surface area (Å²) in [5.74, 6) is -3.20. The molecule has 166 valence electrons. The molecule has 0 saturated heterocycles. The van der Waals surface area contributed by atoms with E-state index in [0.717, 1.165) is 37.0 Å². The van der Waals surface area contributed by atoms with E-state index in [-0.39, 0.29) is 29.9 Å². The Hall–Kier alpha value is -3.82. The first-order valence-corrected chi connectivity index (χ1v) is 10.1. The summed E-state index contributed by atoms with van der Waals surface area (Å²) in [4.78, 5) is 23.3. The Morgan fingerprint density at radius 2 is 1.78 bits per heavy atom. The smallest absolute Gasteiger partial charge is 0.320 e. The van der Waals surface area contributed by atoms with Crippen LogP contribution in [0.2, 0.25) is 0 Å². The van der Waals surface area contributed by atoms with E-state index in [9.17, 15) is 18.4 Å². The van der Waals surface area contributed by atoms with E-state index < -0.39 is 23.5 Å². The number of carboxylic acid groups (broad SMARTS) is 1. The molecule has 0 bridgehead atoms. The van der Waals surface area contributed by atoms with Gasteiger partial charge in [0, 0.05) is 23.9 Å². The third-order valence-electron chi connectivity index (χ3n) is 5.43. The lowest BCUT2D eigenvalue weighted by Crippen LogP contribution is -2.12. The van der Waals surface area contributed by atoms with Crippen LogP contribution in [0.3, 0.4) is 0 Å². The standard InChI is InChI=1S/C22H20F2N4O4/c23-17-8-7-16(11-18(17)24)26-22-28-27-21(32-22)20(31)25-15-5-3-13(4-6-15)14-2-1-12(9-14)10-19(29)30/h3-8,11-12,14H,1-2,9-10H2,(H,25,31)(H,26,28)(H,29,30). The molecule has 2 aromatic carbocycles. The first-order chi connectivity index (χ1) is 15.4. The molecule has 2 unspecified atom stereocenters. The van der Waals surface area contributed by atoms with Gasteiger partial charge in [0.15, 0.2) is 11.6 Å². The average molecular weight is 442 g/mol. The second-order valence-electron chi connectivity index (χ2n) is 7.72. The molecule has 0 radical (unpaired) electrons. The zero-order valence-electron chi connectivity index (χ0n) is 16.8. The van der Waals surface area contributed by atoms with Crippen molar-refractivity contribution in [2.24, 2.45) is 5.92 Å². The zero-order valence-corrected chi connectivity index (χ0v) is 16.8. The lowest BCUT2D eigenvalue weighted by atomic mass is 9.95.